The van der Waals surface area contributed by atoms with Crippen molar-refractivity contribution in [3.8, 4) is 0 Å². The van der Waals surface area contributed by atoms with E-state index >= 15 is 0 Å². The SMILES string of the molecule is CCOC(=O)C1CCCN1C(=O)C(CC)c1ccccc1. The Morgan fingerprint density at radius 3 is 2.62 bits per heavy atom. The Hall–Kier alpha value is -1.84. The van der Waals surface area contributed by atoms with Crippen LogP contribution in [0, 0.1) is 0 Å². The van der Waals surface area contributed by atoms with Gasteiger partial charge >= 0.3 is 5.97 Å². The zero-order valence-corrected chi connectivity index (χ0v) is 12.7. The maximum atomic E-state index is 12.8. The maximum absolute atomic E-state index is 12.8. The first-order chi connectivity index (χ1) is 10.2. The summed E-state index contributed by atoms with van der Waals surface area (Å²) in [5, 5.41) is 0. The van der Waals surface area contributed by atoms with Gasteiger partial charge in [-0.2, -0.15) is 0 Å². The summed E-state index contributed by atoms with van der Waals surface area (Å²) in [6, 6.07) is 9.37. The van der Waals surface area contributed by atoms with Crippen molar-refractivity contribution < 1.29 is 14.3 Å². The molecule has 0 radical (unpaired) electrons. The van der Waals surface area contributed by atoms with Gasteiger partial charge in [0.15, 0.2) is 0 Å². The largest absolute Gasteiger partial charge is 0.464 e. The van der Waals surface area contributed by atoms with E-state index in [1.807, 2.05) is 37.3 Å². The van der Waals surface area contributed by atoms with Crippen molar-refractivity contribution in [2.45, 2.75) is 45.1 Å². The number of ether oxygens (including phenoxy) is 1. The summed E-state index contributed by atoms with van der Waals surface area (Å²) in [6.45, 7) is 4.79. The molecule has 21 heavy (non-hydrogen) atoms. The Kier molecular flexibility index (Phi) is 5.37. The highest BCUT2D eigenvalue weighted by molar-refractivity contribution is 5.89. The molecule has 4 heteroatoms. The predicted molar refractivity (Wildman–Crippen MR) is 80.8 cm³/mol. The monoisotopic (exact) mass is 289 g/mol. The van der Waals surface area contributed by atoms with Crippen LogP contribution in [0.25, 0.3) is 0 Å². The fraction of sp³-hybridized carbons (Fsp3) is 0.529. The van der Waals surface area contributed by atoms with Crippen LogP contribution in [0.1, 0.15) is 44.6 Å². The Bertz CT molecular complexity index is 486. The second kappa shape index (κ2) is 7.25. The molecule has 2 rings (SSSR count). The average molecular weight is 289 g/mol. The molecule has 4 nitrogen and oxygen atoms in total. The minimum absolute atomic E-state index is 0.0410. The minimum atomic E-state index is -0.407. The van der Waals surface area contributed by atoms with Crippen molar-refractivity contribution in [1.82, 2.24) is 4.90 Å². The zero-order valence-electron chi connectivity index (χ0n) is 12.7. The molecule has 1 amide bonds. The molecule has 0 spiro atoms. The van der Waals surface area contributed by atoms with Crippen LogP contribution in [0.2, 0.25) is 0 Å². The number of hydrogen-bond donors (Lipinski definition) is 0. The van der Waals surface area contributed by atoms with Crippen LogP contribution in [0.5, 0.6) is 0 Å². The van der Waals surface area contributed by atoms with Crippen molar-refractivity contribution in [3.63, 3.8) is 0 Å². The van der Waals surface area contributed by atoms with E-state index < -0.39 is 6.04 Å². The normalized spacial score (nSPS) is 19.3. The molecule has 1 heterocycles. The average Bonchev–Trinajstić information content (AvgIpc) is 2.99. The summed E-state index contributed by atoms with van der Waals surface area (Å²) in [6.07, 6.45) is 2.30. The number of hydrogen-bond acceptors (Lipinski definition) is 3. The van der Waals surface area contributed by atoms with Crippen molar-refractivity contribution in [2.75, 3.05) is 13.2 Å². The van der Waals surface area contributed by atoms with E-state index in [4.69, 9.17) is 4.74 Å². The van der Waals surface area contributed by atoms with E-state index in [0.717, 1.165) is 18.4 Å². The lowest BCUT2D eigenvalue weighted by Gasteiger charge is -2.27. The van der Waals surface area contributed by atoms with Crippen LogP contribution in [0.3, 0.4) is 0 Å². The number of rotatable bonds is 5. The molecule has 0 saturated carbocycles. The number of benzene rings is 1. The van der Waals surface area contributed by atoms with Gasteiger partial charge in [-0.25, -0.2) is 4.79 Å². The third-order valence-electron chi connectivity index (χ3n) is 4.00. The van der Waals surface area contributed by atoms with E-state index in [9.17, 15) is 9.59 Å². The number of carbonyl (C=O) groups is 2. The first-order valence-electron chi connectivity index (χ1n) is 7.71. The van der Waals surface area contributed by atoms with Gasteiger partial charge in [-0.05, 0) is 31.7 Å². The number of esters is 1. The smallest absolute Gasteiger partial charge is 0.328 e. The Labute approximate surface area is 126 Å². The third kappa shape index (κ3) is 3.43. The minimum Gasteiger partial charge on any atom is -0.464 e. The van der Waals surface area contributed by atoms with Crippen molar-refractivity contribution in [1.29, 1.82) is 0 Å². The highest BCUT2D eigenvalue weighted by Gasteiger charge is 2.37. The standard InChI is InChI=1S/C17H23NO3/c1-3-14(13-9-6-5-7-10-13)16(19)18-12-8-11-15(18)17(20)21-4-2/h5-7,9-10,14-15H,3-4,8,11-12H2,1-2H3. The summed E-state index contributed by atoms with van der Waals surface area (Å²) < 4.78 is 5.09. The maximum Gasteiger partial charge on any atom is 0.328 e. The lowest BCUT2D eigenvalue weighted by atomic mass is 9.95. The molecule has 2 atom stereocenters. The van der Waals surface area contributed by atoms with Gasteiger partial charge in [-0.3, -0.25) is 4.79 Å². The predicted octanol–water partition coefficient (Wildman–Crippen LogP) is 2.73. The molecule has 0 aliphatic carbocycles. The van der Waals surface area contributed by atoms with E-state index in [1.165, 1.54) is 0 Å². The van der Waals surface area contributed by atoms with Gasteiger partial charge in [0.1, 0.15) is 6.04 Å². The number of amides is 1. The highest BCUT2D eigenvalue weighted by atomic mass is 16.5. The third-order valence-corrected chi connectivity index (χ3v) is 4.00. The quantitative estimate of drug-likeness (QED) is 0.783. The van der Waals surface area contributed by atoms with E-state index in [0.29, 0.717) is 19.6 Å². The second-order valence-corrected chi connectivity index (χ2v) is 5.31. The van der Waals surface area contributed by atoms with E-state index in [1.54, 1.807) is 11.8 Å². The van der Waals surface area contributed by atoms with E-state index in [2.05, 4.69) is 0 Å². The van der Waals surface area contributed by atoms with Crippen LogP contribution < -0.4 is 0 Å². The molecule has 0 aromatic heterocycles. The Balaban J connectivity index is 2.15. The fourth-order valence-corrected chi connectivity index (χ4v) is 2.95. The van der Waals surface area contributed by atoms with Gasteiger partial charge in [0.25, 0.3) is 0 Å². The first kappa shape index (κ1) is 15.5. The molecule has 1 fully saturated rings. The second-order valence-electron chi connectivity index (χ2n) is 5.31. The van der Waals surface area contributed by atoms with Crippen molar-refractivity contribution in [2.24, 2.45) is 0 Å². The first-order valence-corrected chi connectivity index (χ1v) is 7.71. The molecule has 2 unspecified atom stereocenters. The molecule has 1 aliphatic heterocycles. The molecule has 0 bridgehead atoms. The summed E-state index contributed by atoms with van der Waals surface area (Å²) in [4.78, 5) is 26.5. The van der Waals surface area contributed by atoms with Gasteiger partial charge in [0.2, 0.25) is 5.91 Å². The summed E-state index contributed by atoms with van der Waals surface area (Å²) >= 11 is 0. The van der Waals surface area contributed by atoms with Gasteiger partial charge in [0, 0.05) is 6.54 Å². The topological polar surface area (TPSA) is 46.6 Å². The Morgan fingerprint density at radius 1 is 1.29 bits per heavy atom. The molecule has 1 aromatic rings. The fourth-order valence-electron chi connectivity index (χ4n) is 2.95. The van der Waals surface area contributed by atoms with Crippen molar-refractivity contribution >= 4 is 11.9 Å². The molecular weight excluding hydrogens is 266 g/mol. The molecule has 1 aliphatic rings. The molecule has 114 valence electrons. The Morgan fingerprint density at radius 2 is 2.00 bits per heavy atom. The van der Waals surface area contributed by atoms with E-state index in [-0.39, 0.29) is 17.8 Å². The van der Waals surface area contributed by atoms with Crippen LogP contribution in [-0.4, -0.2) is 36.0 Å². The molecule has 1 saturated heterocycles. The van der Waals surface area contributed by atoms with Crippen LogP contribution >= 0.6 is 0 Å². The van der Waals surface area contributed by atoms with Crippen LogP contribution in [0.15, 0.2) is 30.3 Å². The lowest BCUT2D eigenvalue weighted by molar-refractivity contribution is -0.153. The number of carbonyl (C=O) groups excluding carboxylic acids is 2. The van der Waals surface area contributed by atoms with Gasteiger partial charge in [-0.15, -0.1) is 0 Å². The summed E-state index contributed by atoms with van der Waals surface area (Å²) in [5.41, 5.74) is 1.01. The molecular formula is C17H23NO3. The van der Waals surface area contributed by atoms with Gasteiger partial charge in [0.05, 0.1) is 12.5 Å². The number of likely N-dealkylation sites (tertiary alicyclic amines) is 1. The van der Waals surface area contributed by atoms with Crippen LogP contribution in [0.4, 0.5) is 0 Å². The summed E-state index contributed by atoms with van der Waals surface area (Å²) in [5.74, 6) is -0.410. The molecule has 1 aromatic carbocycles. The zero-order chi connectivity index (χ0) is 15.2. The van der Waals surface area contributed by atoms with Gasteiger partial charge < -0.3 is 9.64 Å². The number of nitrogens with zero attached hydrogens (tertiary/aromatic N) is 1. The van der Waals surface area contributed by atoms with Gasteiger partial charge in [-0.1, -0.05) is 37.3 Å². The highest BCUT2D eigenvalue weighted by Crippen LogP contribution is 2.27. The lowest BCUT2D eigenvalue weighted by Crippen LogP contribution is -2.43. The van der Waals surface area contributed by atoms with Crippen molar-refractivity contribution in [3.05, 3.63) is 35.9 Å². The molecule has 0 N–H and O–H groups in total. The summed E-state index contributed by atoms with van der Waals surface area (Å²) in [7, 11) is 0. The van der Waals surface area contributed by atoms with Crippen LogP contribution in [-0.2, 0) is 14.3 Å².